The fourth-order valence-corrected chi connectivity index (χ4v) is 3.70. The van der Waals surface area contributed by atoms with E-state index in [2.05, 4.69) is 10.00 Å². The molecule has 0 bridgehead atoms. The van der Waals surface area contributed by atoms with Crippen molar-refractivity contribution in [2.24, 2.45) is 7.05 Å². The van der Waals surface area contributed by atoms with Gasteiger partial charge in [-0.3, -0.25) is 9.69 Å². The van der Waals surface area contributed by atoms with Crippen LogP contribution in [0.25, 0.3) is 21.8 Å². The molecule has 3 heterocycles. The van der Waals surface area contributed by atoms with E-state index in [1.165, 1.54) is 0 Å². The summed E-state index contributed by atoms with van der Waals surface area (Å²) >= 11 is 0. The Kier molecular flexibility index (Phi) is 4.75. The van der Waals surface area contributed by atoms with Crippen molar-refractivity contribution in [3.63, 3.8) is 0 Å². The largest absolute Gasteiger partial charge is 0.493 e. The van der Waals surface area contributed by atoms with Crippen LogP contribution < -0.4 is 15.0 Å². The molecule has 1 aliphatic heterocycles. The summed E-state index contributed by atoms with van der Waals surface area (Å²) < 4.78 is 19.6. The third-order valence-corrected chi connectivity index (χ3v) is 5.24. The number of methoxy groups -OCH3 is 2. The number of hydrogen-bond donors (Lipinski definition) is 0. The zero-order valence-corrected chi connectivity index (χ0v) is 15.9. The molecule has 0 saturated carbocycles. The van der Waals surface area contributed by atoms with Gasteiger partial charge in [0.15, 0.2) is 11.5 Å². The molecule has 0 unspecified atom stereocenters. The molecule has 0 atom stereocenters. The van der Waals surface area contributed by atoms with Crippen LogP contribution in [0.2, 0.25) is 0 Å². The molecule has 8 nitrogen and oxygen atoms in total. The van der Waals surface area contributed by atoms with E-state index in [1.54, 1.807) is 25.1 Å². The van der Waals surface area contributed by atoms with Gasteiger partial charge in [-0.05, 0) is 6.07 Å². The van der Waals surface area contributed by atoms with Crippen molar-refractivity contribution in [2.45, 2.75) is 6.54 Å². The Morgan fingerprint density at radius 2 is 1.78 bits per heavy atom. The normalized spacial score (nSPS) is 15.5. The number of ether oxygens (including phenoxy) is 3. The van der Waals surface area contributed by atoms with E-state index in [1.807, 2.05) is 23.7 Å². The standard InChI is InChI=1S/C19H24N4O4/c1-21-15-11-17(26-3)16(25-2)10-13(15)14-12-20-23(19(24)18(14)21)5-4-22-6-8-27-9-7-22/h10-12H,4-9H2,1-3H3. The highest BCUT2D eigenvalue weighted by molar-refractivity contribution is 6.08. The molecule has 0 radical (unpaired) electrons. The van der Waals surface area contributed by atoms with Crippen LogP contribution >= 0.6 is 0 Å². The second-order valence-electron chi connectivity index (χ2n) is 6.67. The van der Waals surface area contributed by atoms with Crippen LogP contribution in [-0.4, -0.2) is 66.3 Å². The first kappa shape index (κ1) is 17.8. The molecule has 1 aliphatic rings. The van der Waals surface area contributed by atoms with Crippen molar-refractivity contribution in [1.82, 2.24) is 19.2 Å². The Hall–Kier alpha value is -2.58. The van der Waals surface area contributed by atoms with Crippen molar-refractivity contribution in [2.75, 3.05) is 47.1 Å². The Balaban J connectivity index is 1.76. The van der Waals surface area contributed by atoms with Crippen LogP contribution in [0, 0.1) is 0 Å². The highest BCUT2D eigenvalue weighted by Crippen LogP contribution is 2.36. The van der Waals surface area contributed by atoms with Gasteiger partial charge in [-0.2, -0.15) is 5.10 Å². The first-order valence-electron chi connectivity index (χ1n) is 9.04. The van der Waals surface area contributed by atoms with Crippen LogP contribution in [0.5, 0.6) is 11.5 Å². The fourth-order valence-electron chi connectivity index (χ4n) is 3.70. The maximum absolute atomic E-state index is 13.1. The summed E-state index contributed by atoms with van der Waals surface area (Å²) in [7, 11) is 5.10. The molecular formula is C19H24N4O4. The summed E-state index contributed by atoms with van der Waals surface area (Å²) in [6.45, 7) is 4.62. The van der Waals surface area contributed by atoms with E-state index in [-0.39, 0.29) is 5.56 Å². The average Bonchev–Trinajstić information content (AvgIpc) is 2.99. The third-order valence-electron chi connectivity index (χ3n) is 5.24. The molecule has 1 aromatic carbocycles. The summed E-state index contributed by atoms with van der Waals surface area (Å²) in [4.78, 5) is 15.4. The number of nitrogens with zero attached hydrogens (tertiary/aromatic N) is 4. The molecule has 2 aromatic heterocycles. The predicted octanol–water partition coefficient (Wildman–Crippen LogP) is 1.24. The minimum Gasteiger partial charge on any atom is -0.493 e. The van der Waals surface area contributed by atoms with Crippen molar-refractivity contribution < 1.29 is 14.2 Å². The molecule has 1 fully saturated rings. The van der Waals surface area contributed by atoms with Gasteiger partial charge in [-0.1, -0.05) is 0 Å². The molecule has 0 aliphatic carbocycles. The lowest BCUT2D eigenvalue weighted by Gasteiger charge is -2.26. The quantitative estimate of drug-likeness (QED) is 0.671. The van der Waals surface area contributed by atoms with Gasteiger partial charge in [0.25, 0.3) is 5.56 Å². The molecule has 0 amide bonds. The summed E-state index contributed by atoms with van der Waals surface area (Å²) in [6.07, 6.45) is 1.77. The number of morpholine rings is 1. The van der Waals surface area contributed by atoms with Crippen LogP contribution in [-0.2, 0) is 18.3 Å². The fraction of sp³-hybridized carbons (Fsp3) is 0.474. The van der Waals surface area contributed by atoms with E-state index >= 15 is 0 Å². The number of aryl methyl sites for hydroxylation is 1. The zero-order valence-electron chi connectivity index (χ0n) is 15.9. The van der Waals surface area contributed by atoms with Gasteiger partial charge in [0, 0.05) is 43.5 Å². The smallest absolute Gasteiger partial charge is 0.291 e. The van der Waals surface area contributed by atoms with Crippen molar-refractivity contribution >= 4 is 21.8 Å². The number of aromatic nitrogens is 3. The van der Waals surface area contributed by atoms with E-state index < -0.39 is 0 Å². The Morgan fingerprint density at radius 3 is 2.48 bits per heavy atom. The Labute approximate surface area is 156 Å². The minimum atomic E-state index is -0.0857. The summed E-state index contributed by atoms with van der Waals surface area (Å²) in [5, 5.41) is 6.16. The molecule has 144 valence electrons. The van der Waals surface area contributed by atoms with Crippen LogP contribution in [0.15, 0.2) is 23.1 Å². The van der Waals surface area contributed by atoms with Gasteiger partial charge in [-0.15, -0.1) is 0 Å². The van der Waals surface area contributed by atoms with Gasteiger partial charge in [0.05, 0.1) is 45.7 Å². The zero-order chi connectivity index (χ0) is 19.0. The van der Waals surface area contributed by atoms with Crippen LogP contribution in [0.3, 0.4) is 0 Å². The Bertz CT molecular complexity index is 1030. The molecule has 8 heteroatoms. The van der Waals surface area contributed by atoms with E-state index in [9.17, 15) is 4.79 Å². The topological polar surface area (TPSA) is 70.8 Å². The maximum Gasteiger partial charge on any atom is 0.291 e. The second kappa shape index (κ2) is 7.21. The number of rotatable bonds is 5. The molecule has 3 aromatic rings. The van der Waals surface area contributed by atoms with Gasteiger partial charge < -0.3 is 18.8 Å². The molecule has 0 spiro atoms. The SMILES string of the molecule is COc1cc2c3cnn(CCN4CCOCC4)c(=O)c3n(C)c2cc1OC. The third kappa shape index (κ3) is 3.04. The van der Waals surface area contributed by atoms with E-state index in [0.717, 1.165) is 49.1 Å². The molecular weight excluding hydrogens is 348 g/mol. The van der Waals surface area contributed by atoms with Gasteiger partial charge >= 0.3 is 0 Å². The van der Waals surface area contributed by atoms with E-state index in [0.29, 0.717) is 23.6 Å². The minimum absolute atomic E-state index is 0.0857. The lowest BCUT2D eigenvalue weighted by Crippen LogP contribution is -2.39. The number of benzene rings is 1. The molecule has 0 N–H and O–H groups in total. The molecule has 1 saturated heterocycles. The summed E-state index contributed by atoms with van der Waals surface area (Å²) in [6, 6.07) is 3.79. The predicted molar refractivity (Wildman–Crippen MR) is 103 cm³/mol. The van der Waals surface area contributed by atoms with Gasteiger partial charge in [-0.25, -0.2) is 4.68 Å². The van der Waals surface area contributed by atoms with Crippen LogP contribution in [0.1, 0.15) is 0 Å². The maximum atomic E-state index is 13.1. The molecule has 27 heavy (non-hydrogen) atoms. The number of hydrogen-bond acceptors (Lipinski definition) is 6. The second-order valence-corrected chi connectivity index (χ2v) is 6.67. The Morgan fingerprint density at radius 1 is 1.07 bits per heavy atom. The monoisotopic (exact) mass is 372 g/mol. The summed E-state index contributed by atoms with van der Waals surface area (Å²) in [5.74, 6) is 1.27. The number of fused-ring (bicyclic) bond motifs is 3. The highest BCUT2D eigenvalue weighted by Gasteiger charge is 2.18. The van der Waals surface area contributed by atoms with Crippen molar-refractivity contribution in [3.8, 4) is 11.5 Å². The van der Waals surface area contributed by atoms with Gasteiger partial charge in [0.2, 0.25) is 0 Å². The molecule has 4 rings (SSSR count). The van der Waals surface area contributed by atoms with Crippen LogP contribution in [0.4, 0.5) is 0 Å². The highest BCUT2D eigenvalue weighted by atomic mass is 16.5. The van der Waals surface area contributed by atoms with E-state index in [4.69, 9.17) is 14.2 Å². The summed E-state index contributed by atoms with van der Waals surface area (Å²) in [5.41, 5.74) is 1.46. The van der Waals surface area contributed by atoms with Gasteiger partial charge in [0.1, 0.15) is 5.52 Å². The lowest BCUT2D eigenvalue weighted by atomic mass is 10.2. The van der Waals surface area contributed by atoms with Crippen molar-refractivity contribution in [3.05, 3.63) is 28.7 Å². The first-order valence-corrected chi connectivity index (χ1v) is 9.04. The van der Waals surface area contributed by atoms with Crippen molar-refractivity contribution in [1.29, 1.82) is 0 Å². The average molecular weight is 372 g/mol. The first-order chi connectivity index (χ1) is 13.1. The lowest BCUT2D eigenvalue weighted by molar-refractivity contribution is 0.0358.